The van der Waals surface area contributed by atoms with Gasteiger partial charge in [0.1, 0.15) is 5.82 Å². The predicted octanol–water partition coefficient (Wildman–Crippen LogP) is 3.44. The third-order valence-corrected chi connectivity index (χ3v) is 5.95. The van der Waals surface area contributed by atoms with Crippen molar-refractivity contribution in [2.45, 2.75) is 25.7 Å². The number of nitrogens with one attached hydrogen (secondary N) is 3. The molecule has 3 aromatic rings. The van der Waals surface area contributed by atoms with E-state index in [0.717, 1.165) is 43.0 Å². The zero-order valence-electron chi connectivity index (χ0n) is 16.4. The molecule has 8 heteroatoms. The van der Waals surface area contributed by atoms with Crippen LogP contribution in [0.2, 0.25) is 0 Å². The summed E-state index contributed by atoms with van der Waals surface area (Å²) in [7, 11) is 0. The molecule has 0 spiro atoms. The first-order valence-corrected chi connectivity index (χ1v) is 10.8. The second-order valence-electron chi connectivity index (χ2n) is 7.50. The molecule has 1 aliphatic rings. The van der Waals surface area contributed by atoms with Crippen LogP contribution < -0.4 is 10.6 Å². The van der Waals surface area contributed by atoms with E-state index < -0.39 is 0 Å². The van der Waals surface area contributed by atoms with Crippen molar-refractivity contribution >= 4 is 45.4 Å². The first-order chi connectivity index (χ1) is 14.1. The van der Waals surface area contributed by atoms with Crippen LogP contribution in [-0.2, 0) is 9.59 Å². The highest BCUT2D eigenvalue weighted by atomic mass is 32.1. The highest BCUT2D eigenvalue weighted by molar-refractivity contribution is 7.07. The number of Topliss-reactive ketones (excluding diaryl/α,β-unsaturated/α-hetero) is 1. The van der Waals surface area contributed by atoms with Gasteiger partial charge in [-0.25, -0.2) is 4.98 Å². The lowest BCUT2D eigenvalue weighted by Gasteiger charge is -2.31. The van der Waals surface area contributed by atoms with Gasteiger partial charge in [-0.1, -0.05) is 0 Å². The summed E-state index contributed by atoms with van der Waals surface area (Å²) < 4.78 is 0. The van der Waals surface area contributed by atoms with Gasteiger partial charge in [0.05, 0.1) is 18.6 Å². The predicted molar refractivity (Wildman–Crippen MR) is 117 cm³/mol. The lowest BCUT2D eigenvalue weighted by molar-refractivity contribution is -0.118. The van der Waals surface area contributed by atoms with Crippen molar-refractivity contribution in [2.75, 3.05) is 36.8 Å². The van der Waals surface area contributed by atoms with Crippen LogP contribution in [0.1, 0.15) is 31.2 Å². The Bertz CT molecular complexity index is 990. The number of hydrogen-bond acceptors (Lipinski definition) is 6. The van der Waals surface area contributed by atoms with Crippen LogP contribution in [0.3, 0.4) is 0 Å². The van der Waals surface area contributed by atoms with Crippen molar-refractivity contribution < 1.29 is 9.59 Å². The Kier molecular flexibility index (Phi) is 5.92. The molecule has 3 N–H and O–H groups in total. The molecule has 1 aliphatic heterocycles. The largest absolute Gasteiger partial charge is 0.362 e. The van der Waals surface area contributed by atoms with Gasteiger partial charge in [-0.3, -0.25) is 14.5 Å². The standard InChI is InChI=1S/C21H25N5O2S/c1-14(27)25-16-2-3-20-18(8-16)19(10-22-20)15-4-6-26(7-5-15)11-17(28)9-23-21-12-29-13-24-21/h2-3,8,10,12-13,15,22-23H,4-7,9,11H2,1H3,(H,25,27). The maximum atomic E-state index is 12.2. The molecule has 1 aromatic carbocycles. The molecule has 4 rings (SSSR count). The molecule has 2 aromatic heterocycles. The molecule has 1 fully saturated rings. The van der Waals surface area contributed by atoms with E-state index in [1.807, 2.05) is 23.6 Å². The molecule has 1 saturated heterocycles. The minimum atomic E-state index is -0.0660. The highest BCUT2D eigenvalue weighted by Crippen LogP contribution is 2.34. The number of H-pyrrole nitrogens is 1. The highest BCUT2D eigenvalue weighted by Gasteiger charge is 2.24. The minimum absolute atomic E-state index is 0.0660. The topological polar surface area (TPSA) is 90.1 Å². The summed E-state index contributed by atoms with van der Waals surface area (Å²) in [5.41, 5.74) is 4.95. The molecule has 152 valence electrons. The number of rotatable bonds is 7. The molecule has 7 nitrogen and oxygen atoms in total. The average molecular weight is 412 g/mol. The number of aromatic nitrogens is 2. The fourth-order valence-electron chi connectivity index (χ4n) is 3.96. The summed E-state index contributed by atoms with van der Waals surface area (Å²) in [6.07, 6.45) is 4.12. The molecule has 1 amide bonds. The van der Waals surface area contributed by atoms with Crippen LogP contribution in [-0.4, -0.2) is 52.7 Å². The molecule has 0 atom stereocenters. The Morgan fingerprint density at radius 3 is 2.86 bits per heavy atom. The maximum absolute atomic E-state index is 12.2. The minimum Gasteiger partial charge on any atom is -0.362 e. The van der Waals surface area contributed by atoms with E-state index in [-0.39, 0.29) is 11.7 Å². The molecule has 29 heavy (non-hydrogen) atoms. The smallest absolute Gasteiger partial charge is 0.221 e. The lowest BCUT2D eigenvalue weighted by Crippen LogP contribution is -2.38. The van der Waals surface area contributed by atoms with Gasteiger partial charge in [0, 0.05) is 35.1 Å². The summed E-state index contributed by atoms with van der Waals surface area (Å²) in [6.45, 7) is 4.13. The quantitative estimate of drug-likeness (QED) is 0.554. The second kappa shape index (κ2) is 8.75. The molecular weight excluding hydrogens is 386 g/mol. The number of amides is 1. The van der Waals surface area contributed by atoms with Crippen molar-refractivity contribution in [1.82, 2.24) is 14.9 Å². The van der Waals surface area contributed by atoms with Crippen LogP contribution in [0, 0.1) is 0 Å². The van der Waals surface area contributed by atoms with Crippen LogP contribution >= 0.6 is 11.3 Å². The Labute approximate surface area is 173 Å². The Balaban J connectivity index is 1.33. The van der Waals surface area contributed by atoms with E-state index in [2.05, 4.69) is 31.7 Å². The van der Waals surface area contributed by atoms with Crippen LogP contribution in [0.15, 0.2) is 35.3 Å². The van der Waals surface area contributed by atoms with Crippen molar-refractivity contribution in [3.63, 3.8) is 0 Å². The van der Waals surface area contributed by atoms with Gasteiger partial charge in [-0.05, 0) is 55.6 Å². The number of likely N-dealkylation sites (tertiary alicyclic amines) is 1. The monoisotopic (exact) mass is 411 g/mol. The second-order valence-corrected chi connectivity index (χ2v) is 8.22. The van der Waals surface area contributed by atoms with Crippen LogP contribution in [0.25, 0.3) is 10.9 Å². The molecule has 0 unspecified atom stereocenters. The number of anilines is 2. The number of carbonyl (C=O) groups excluding carboxylic acids is 2. The third kappa shape index (κ3) is 4.83. The van der Waals surface area contributed by atoms with Gasteiger partial charge >= 0.3 is 0 Å². The Hall–Kier alpha value is -2.71. The first-order valence-electron chi connectivity index (χ1n) is 9.83. The zero-order valence-corrected chi connectivity index (χ0v) is 17.2. The van der Waals surface area contributed by atoms with Crippen molar-refractivity contribution in [3.05, 3.63) is 40.8 Å². The van der Waals surface area contributed by atoms with Gasteiger partial charge in [0.15, 0.2) is 5.78 Å². The van der Waals surface area contributed by atoms with E-state index >= 15 is 0 Å². The summed E-state index contributed by atoms with van der Waals surface area (Å²) in [6, 6.07) is 5.97. The number of ketones is 1. The lowest BCUT2D eigenvalue weighted by atomic mass is 9.89. The zero-order chi connectivity index (χ0) is 20.2. The molecule has 3 heterocycles. The van der Waals surface area contributed by atoms with Gasteiger partial charge in [-0.2, -0.15) is 0 Å². The van der Waals surface area contributed by atoms with Crippen molar-refractivity contribution in [1.29, 1.82) is 0 Å². The number of nitrogens with zero attached hydrogens (tertiary/aromatic N) is 2. The SMILES string of the molecule is CC(=O)Nc1ccc2[nH]cc(C3CCN(CC(=O)CNc4cscn4)CC3)c2c1. The van der Waals surface area contributed by atoms with E-state index in [1.54, 1.807) is 5.51 Å². The summed E-state index contributed by atoms with van der Waals surface area (Å²) >= 11 is 1.51. The van der Waals surface area contributed by atoms with Crippen molar-refractivity contribution in [3.8, 4) is 0 Å². The molecule has 0 saturated carbocycles. The maximum Gasteiger partial charge on any atom is 0.221 e. The van der Waals surface area contributed by atoms with Gasteiger partial charge < -0.3 is 15.6 Å². The molecule has 0 aliphatic carbocycles. The Morgan fingerprint density at radius 2 is 2.14 bits per heavy atom. The number of piperidine rings is 1. The summed E-state index contributed by atoms with van der Waals surface area (Å²) in [5, 5.41) is 9.00. The van der Waals surface area contributed by atoms with Crippen LogP contribution in [0.5, 0.6) is 0 Å². The fraction of sp³-hybridized carbons (Fsp3) is 0.381. The number of aromatic amines is 1. The molecule has 0 radical (unpaired) electrons. The van der Waals surface area contributed by atoms with Gasteiger partial charge in [0.25, 0.3) is 0 Å². The number of benzene rings is 1. The molecular formula is C21H25N5O2S. The fourth-order valence-corrected chi connectivity index (χ4v) is 4.47. The van der Waals surface area contributed by atoms with E-state index in [4.69, 9.17) is 0 Å². The summed E-state index contributed by atoms with van der Waals surface area (Å²) in [4.78, 5) is 33.3. The Morgan fingerprint density at radius 1 is 1.31 bits per heavy atom. The van der Waals surface area contributed by atoms with Gasteiger partial charge in [-0.15, -0.1) is 11.3 Å². The molecule has 0 bridgehead atoms. The van der Waals surface area contributed by atoms with Gasteiger partial charge in [0.2, 0.25) is 5.91 Å². The third-order valence-electron chi connectivity index (χ3n) is 5.36. The number of thiazole rings is 1. The van der Waals surface area contributed by atoms with E-state index in [0.29, 0.717) is 19.0 Å². The number of fused-ring (bicyclic) bond motifs is 1. The normalized spacial score (nSPS) is 15.5. The summed E-state index contributed by atoms with van der Waals surface area (Å²) in [5.74, 6) is 1.34. The average Bonchev–Trinajstić information content (AvgIpc) is 3.36. The first kappa shape index (κ1) is 19.6. The number of hydrogen-bond donors (Lipinski definition) is 3. The van der Waals surface area contributed by atoms with Crippen LogP contribution in [0.4, 0.5) is 11.5 Å². The van der Waals surface area contributed by atoms with E-state index in [9.17, 15) is 9.59 Å². The van der Waals surface area contributed by atoms with Crippen molar-refractivity contribution in [2.24, 2.45) is 0 Å². The van der Waals surface area contributed by atoms with E-state index in [1.165, 1.54) is 29.2 Å². The number of carbonyl (C=O) groups is 2.